The number of anilines is 1. The normalized spacial score (nSPS) is 17.1. The summed E-state index contributed by atoms with van der Waals surface area (Å²) < 4.78 is 11.4. The van der Waals surface area contributed by atoms with Gasteiger partial charge < -0.3 is 14.6 Å². The van der Waals surface area contributed by atoms with Crippen LogP contribution in [0, 0.1) is 20.8 Å². The third kappa shape index (κ3) is 4.47. The van der Waals surface area contributed by atoms with Crippen molar-refractivity contribution in [3.8, 4) is 11.5 Å². The Labute approximate surface area is 211 Å². The zero-order valence-electron chi connectivity index (χ0n) is 21.5. The summed E-state index contributed by atoms with van der Waals surface area (Å²) in [6.07, 6.45) is -0.00279. The van der Waals surface area contributed by atoms with Gasteiger partial charge in [-0.25, -0.2) is 0 Å². The molecule has 3 aromatic rings. The van der Waals surface area contributed by atoms with Crippen LogP contribution in [0.4, 0.5) is 5.69 Å². The van der Waals surface area contributed by atoms with Crippen LogP contribution in [0.15, 0.2) is 66.2 Å². The molecular weight excluding hydrogens is 454 g/mol. The number of benzene rings is 3. The molecule has 1 atom stereocenters. The van der Waals surface area contributed by atoms with E-state index in [1.54, 1.807) is 24.3 Å². The quantitative estimate of drug-likeness (QED) is 0.262. The van der Waals surface area contributed by atoms with Crippen LogP contribution < -0.4 is 14.4 Å². The maximum Gasteiger partial charge on any atom is 0.300 e. The number of hydrogen-bond acceptors (Lipinski definition) is 5. The maximum atomic E-state index is 13.5. The average molecular weight is 486 g/mol. The monoisotopic (exact) mass is 485 g/mol. The van der Waals surface area contributed by atoms with Gasteiger partial charge in [0.25, 0.3) is 11.7 Å². The molecule has 0 bridgehead atoms. The first-order valence-corrected chi connectivity index (χ1v) is 11.9. The molecule has 1 aliphatic heterocycles. The number of aliphatic hydroxyl groups excluding tert-OH is 1. The van der Waals surface area contributed by atoms with Crippen molar-refractivity contribution in [3.05, 3.63) is 94.1 Å². The molecular formula is C30H31NO5. The van der Waals surface area contributed by atoms with Crippen molar-refractivity contribution in [1.82, 2.24) is 0 Å². The molecule has 0 radical (unpaired) electrons. The SMILES string of the molecule is COc1ccccc1C1/C(=C(\O)c2ccc(OC(C)C)c(C)c2)C(=O)C(=O)N1c1ccc(C)c(C)c1. The first kappa shape index (κ1) is 25.0. The van der Waals surface area contributed by atoms with Crippen molar-refractivity contribution in [3.63, 3.8) is 0 Å². The van der Waals surface area contributed by atoms with Crippen molar-refractivity contribution < 1.29 is 24.2 Å². The molecule has 0 spiro atoms. The van der Waals surface area contributed by atoms with Gasteiger partial charge in [-0.15, -0.1) is 0 Å². The van der Waals surface area contributed by atoms with Gasteiger partial charge in [-0.3, -0.25) is 14.5 Å². The van der Waals surface area contributed by atoms with E-state index in [0.29, 0.717) is 28.3 Å². The Kier molecular flexibility index (Phi) is 6.88. The third-order valence-electron chi connectivity index (χ3n) is 6.46. The number of carbonyl (C=O) groups is 2. The van der Waals surface area contributed by atoms with Gasteiger partial charge in [0.15, 0.2) is 0 Å². The topological polar surface area (TPSA) is 76.1 Å². The Morgan fingerprint density at radius 2 is 1.61 bits per heavy atom. The van der Waals surface area contributed by atoms with Crippen LogP contribution in [0.25, 0.3) is 5.76 Å². The highest BCUT2D eigenvalue weighted by Crippen LogP contribution is 2.45. The van der Waals surface area contributed by atoms with E-state index in [2.05, 4.69) is 0 Å². The van der Waals surface area contributed by atoms with E-state index < -0.39 is 17.7 Å². The predicted octanol–water partition coefficient (Wildman–Crippen LogP) is 6.03. The second-order valence-electron chi connectivity index (χ2n) is 9.33. The molecule has 0 aliphatic carbocycles. The molecule has 36 heavy (non-hydrogen) atoms. The molecule has 0 aromatic heterocycles. The Morgan fingerprint density at radius 1 is 0.889 bits per heavy atom. The number of rotatable bonds is 6. The lowest BCUT2D eigenvalue weighted by molar-refractivity contribution is -0.132. The number of ether oxygens (including phenoxy) is 2. The van der Waals surface area contributed by atoms with E-state index in [9.17, 15) is 14.7 Å². The number of Topliss-reactive ketones (excluding diaryl/α,β-unsaturated/α-hetero) is 1. The Hall–Kier alpha value is -4.06. The van der Waals surface area contributed by atoms with Crippen LogP contribution in [0.5, 0.6) is 11.5 Å². The van der Waals surface area contributed by atoms with E-state index in [1.165, 1.54) is 12.0 Å². The van der Waals surface area contributed by atoms with Gasteiger partial charge in [-0.2, -0.15) is 0 Å². The van der Waals surface area contributed by atoms with Gasteiger partial charge in [0.05, 0.1) is 24.8 Å². The number of hydrogen-bond donors (Lipinski definition) is 1. The summed E-state index contributed by atoms with van der Waals surface area (Å²) in [6.45, 7) is 9.69. The summed E-state index contributed by atoms with van der Waals surface area (Å²) in [7, 11) is 1.54. The number of ketones is 1. The number of carbonyl (C=O) groups excluding carboxylic acids is 2. The Bertz CT molecular complexity index is 1370. The Balaban J connectivity index is 1.94. The van der Waals surface area contributed by atoms with Gasteiger partial charge in [-0.1, -0.05) is 24.3 Å². The molecule has 1 saturated heterocycles. The van der Waals surface area contributed by atoms with Crippen LogP contribution >= 0.6 is 0 Å². The van der Waals surface area contributed by atoms with Crippen molar-refractivity contribution in [2.45, 2.75) is 46.8 Å². The fourth-order valence-corrected chi connectivity index (χ4v) is 4.50. The summed E-state index contributed by atoms with van der Waals surface area (Å²) in [6, 6.07) is 17.2. The molecule has 4 rings (SSSR count). The molecule has 6 heteroatoms. The summed E-state index contributed by atoms with van der Waals surface area (Å²) in [5.74, 6) is -0.483. The van der Waals surface area contributed by atoms with E-state index in [-0.39, 0.29) is 17.4 Å². The van der Waals surface area contributed by atoms with Gasteiger partial charge in [0.1, 0.15) is 17.3 Å². The molecule has 1 heterocycles. The summed E-state index contributed by atoms with van der Waals surface area (Å²) in [5.41, 5.74) is 4.50. The predicted molar refractivity (Wildman–Crippen MR) is 141 cm³/mol. The fraction of sp³-hybridized carbons (Fsp3) is 0.267. The second kappa shape index (κ2) is 9.90. The van der Waals surface area contributed by atoms with E-state index in [1.807, 2.05) is 71.0 Å². The van der Waals surface area contributed by atoms with E-state index in [0.717, 1.165) is 16.7 Å². The summed E-state index contributed by atoms with van der Waals surface area (Å²) >= 11 is 0. The summed E-state index contributed by atoms with van der Waals surface area (Å²) in [4.78, 5) is 28.4. The van der Waals surface area contributed by atoms with E-state index >= 15 is 0 Å². The standard InChI is InChI=1S/C30H31NO5/c1-17(2)36-24-14-12-21(15-20(24)5)28(32)26-27(23-9-7-8-10-25(23)35-6)31(30(34)29(26)33)22-13-11-18(3)19(4)16-22/h7-17,27,32H,1-6H3/b28-26+. The molecule has 0 saturated carbocycles. The maximum absolute atomic E-state index is 13.5. The molecule has 6 nitrogen and oxygen atoms in total. The van der Waals surface area contributed by atoms with Crippen molar-refractivity contribution in [2.24, 2.45) is 0 Å². The van der Waals surface area contributed by atoms with Crippen LogP contribution in [0.2, 0.25) is 0 Å². The lowest BCUT2D eigenvalue weighted by Gasteiger charge is -2.27. The zero-order chi connectivity index (χ0) is 26.1. The van der Waals surface area contributed by atoms with Crippen LogP contribution in [-0.4, -0.2) is 30.0 Å². The highest BCUT2D eigenvalue weighted by molar-refractivity contribution is 6.51. The number of aryl methyl sites for hydroxylation is 3. The number of para-hydroxylation sites is 1. The smallest absolute Gasteiger partial charge is 0.300 e. The van der Waals surface area contributed by atoms with Crippen LogP contribution in [0.1, 0.15) is 47.7 Å². The van der Waals surface area contributed by atoms with Gasteiger partial charge in [0.2, 0.25) is 0 Å². The minimum absolute atomic E-state index is 0.00279. The summed E-state index contributed by atoms with van der Waals surface area (Å²) in [5, 5.41) is 11.5. The zero-order valence-corrected chi connectivity index (χ0v) is 21.5. The third-order valence-corrected chi connectivity index (χ3v) is 6.46. The number of amides is 1. The van der Waals surface area contributed by atoms with Crippen molar-refractivity contribution in [1.29, 1.82) is 0 Å². The average Bonchev–Trinajstić information content (AvgIpc) is 3.11. The van der Waals surface area contributed by atoms with Crippen molar-refractivity contribution in [2.75, 3.05) is 12.0 Å². The molecule has 3 aromatic carbocycles. The number of nitrogens with zero attached hydrogens (tertiary/aromatic N) is 1. The first-order chi connectivity index (χ1) is 17.1. The molecule has 1 N–H and O–H groups in total. The molecule has 1 unspecified atom stereocenters. The molecule has 186 valence electrons. The highest BCUT2D eigenvalue weighted by Gasteiger charge is 2.48. The van der Waals surface area contributed by atoms with Gasteiger partial charge >= 0.3 is 0 Å². The largest absolute Gasteiger partial charge is 0.507 e. The minimum Gasteiger partial charge on any atom is -0.507 e. The Morgan fingerprint density at radius 3 is 2.25 bits per heavy atom. The molecule has 1 aliphatic rings. The minimum atomic E-state index is -0.866. The van der Waals surface area contributed by atoms with Crippen LogP contribution in [0.3, 0.4) is 0 Å². The highest BCUT2D eigenvalue weighted by atomic mass is 16.5. The van der Waals surface area contributed by atoms with Gasteiger partial charge in [-0.05, 0) is 87.7 Å². The first-order valence-electron chi connectivity index (χ1n) is 11.9. The molecule has 1 amide bonds. The number of aliphatic hydroxyl groups is 1. The number of methoxy groups -OCH3 is 1. The fourth-order valence-electron chi connectivity index (χ4n) is 4.50. The van der Waals surface area contributed by atoms with Gasteiger partial charge in [0, 0.05) is 16.8 Å². The van der Waals surface area contributed by atoms with Crippen molar-refractivity contribution >= 4 is 23.1 Å². The lowest BCUT2D eigenvalue weighted by atomic mass is 9.94. The molecule has 1 fully saturated rings. The lowest BCUT2D eigenvalue weighted by Crippen LogP contribution is -2.29. The van der Waals surface area contributed by atoms with Crippen LogP contribution in [-0.2, 0) is 9.59 Å². The second-order valence-corrected chi connectivity index (χ2v) is 9.33. The van der Waals surface area contributed by atoms with E-state index in [4.69, 9.17) is 9.47 Å².